The van der Waals surface area contributed by atoms with Gasteiger partial charge in [0.25, 0.3) is 0 Å². The van der Waals surface area contributed by atoms with Gasteiger partial charge in [-0.25, -0.2) is 15.0 Å². The van der Waals surface area contributed by atoms with E-state index in [1.54, 1.807) is 0 Å². The van der Waals surface area contributed by atoms with Crippen molar-refractivity contribution in [1.29, 1.82) is 0 Å². The summed E-state index contributed by atoms with van der Waals surface area (Å²) in [5, 5.41) is 5.87. The fraction of sp³-hybridized carbons (Fsp3) is 0. The quantitative estimate of drug-likeness (QED) is 0.152. The molecule has 280 valence electrons. The van der Waals surface area contributed by atoms with Gasteiger partial charge in [0.15, 0.2) is 5.82 Å². The first kappa shape index (κ1) is 35.2. The van der Waals surface area contributed by atoms with Gasteiger partial charge in [0, 0.05) is 38.4 Å². The van der Waals surface area contributed by atoms with Crippen LogP contribution in [0.4, 0.5) is 0 Å². The molecule has 0 saturated carbocycles. The highest BCUT2D eigenvalue weighted by Gasteiger charge is 2.16. The van der Waals surface area contributed by atoms with Crippen LogP contribution in [-0.4, -0.2) is 15.0 Å². The van der Waals surface area contributed by atoms with Crippen LogP contribution >= 0.6 is 0 Å². The van der Waals surface area contributed by atoms with Crippen LogP contribution in [0.25, 0.3) is 111 Å². The highest BCUT2D eigenvalue weighted by atomic mass is 14.9. The van der Waals surface area contributed by atoms with Gasteiger partial charge in [-0.05, 0) is 68.4 Å². The molecule has 0 unspecified atom stereocenters. The van der Waals surface area contributed by atoms with E-state index in [2.05, 4.69) is 200 Å². The maximum atomic E-state index is 5.24. The lowest BCUT2D eigenvalue weighted by atomic mass is 9.92. The van der Waals surface area contributed by atoms with E-state index < -0.39 is 0 Å². The predicted octanol–water partition coefficient (Wildman–Crippen LogP) is 15.0. The molecule has 0 aliphatic rings. The van der Waals surface area contributed by atoms with Crippen molar-refractivity contribution in [1.82, 2.24) is 15.0 Å². The van der Waals surface area contributed by atoms with Crippen LogP contribution < -0.4 is 0 Å². The monoisotopic (exact) mass is 763 g/mol. The summed E-state index contributed by atoms with van der Waals surface area (Å²) in [7, 11) is 0. The molecule has 11 rings (SSSR count). The van der Waals surface area contributed by atoms with Crippen molar-refractivity contribution in [3.05, 3.63) is 224 Å². The lowest BCUT2D eigenvalue weighted by molar-refractivity contribution is 1.18. The van der Waals surface area contributed by atoms with Gasteiger partial charge in [0.05, 0.1) is 22.6 Å². The molecule has 0 fully saturated rings. The minimum atomic E-state index is 0.706. The zero-order chi connectivity index (χ0) is 39.8. The number of benzene rings is 9. The van der Waals surface area contributed by atoms with Gasteiger partial charge in [-0.3, -0.25) is 0 Å². The molecule has 0 aliphatic heterocycles. The topological polar surface area (TPSA) is 38.7 Å². The number of rotatable bonds is 7. The SMILES string of the molecule is c1ccc(-c2ccc(-c3cc(-c4ccc5cc(-c6ccc(-c7nc8ccccc8c8c(-c9ccccc9)cccc78)cc6)ccc5c4)nc(-c4ccccc4)n3)cc2)cc1. The van der Waals surface area contributed by atoms with Crippen molar-refractivity contribution in [2.75, 3.05) is 0 Å². The van der Waals surface area contributed by atoms with Crippen LogP contribution in [0, 0.1) is 0 Å². The Hall–Kier alpha value is -8.01. The van der Waals surface area contributed by atoms with Gasteiger partial charge in [-0.1, -0.05) is 200 Å². The molecule has 2 heterocycles. The van der Waals surface area contributed by atoms with Crippen molar-refractivity contribution < 1.29 is 0 Å². The first-order chi connectivity index (χ1) is 29.7. The lowest BCUT2D eigenvalue weighted by Crippen LogP contribution is -1.96. The molecule has 0 bridgehead atoms. The fourth-order valence-corrected chi connectivity index (χ4v) is 8.41. The molecular weight excluding hydrogens is 727 g/mol. The Morgan fingerprint density at radius 1 is 0.267 bits per heavy atom. The largest absolute Gasteiger partial charge is 0.247 e. The summed E-state index contributed by atoms with van der Waals surface area (Å²) in [4.78, 5) is 15.4. The Bertz CT molecular complexity index is 3320. The molecule has 0 amide bonds. The Balaban J connectivity index is 0.930. The molecule has 0 aliphatic carbocycles. The zero-order valence-electron chi connectivity index (χ0n) is 32.7. The van der Waals surface area contributed by atoms with Crippen LogP contribution in [0.5, 0.6) is 0 Å². The van der Waals surface area contributed by atoms with E-state index >= 15 is 0 Å². The predicted molar refractivity (Wildman–Crippen MR) is 250 cm³/mol. The Labute approximate surface area is 349 Å². The van der Waals surface area contributed by atoms with E-state index in [9.17, 15) is 0 Å². The van der Waals surface area contributed by atoms with Gasteiger partial charge >= 0.3 is 0 Å². The third-order valence-electron chi connectivity index (χ3n) is 11.5. The third-order valence-corrected chi connectivity index (χ3v) is 11.5. The number of pyridine rings is 1. The summed E-state index contributed by atoms with van der Waals surface area (Å²) in [6, 6.07) is 79.3. The van der Waals surface area contributed by atoms with Crippen LogP contribution in [0.1, 0.15) is 0 Å². The molecule has 3 heteroatoms. The number of nitrogens with zero attached hydrogens (tertiary/aromatic N) is 3. The highest BCUT2D eigenvalue weighted by molar-refractivity contribution is 6.17. The summed E-state index contributed by atoms with van der Waals surface area (Å²) >= 11 is 0. The molecule has 0 atom stereocenters. The average molecular weight is 764 g/mol. The molecular formula is C57H37N3. The number of para-hydroxylation sites is 1. The Morgan fingerprint density at radius 3 is 1.45 bits per heavy atom. The molecule has 2 aromatic heterocycles. The normalized spacial score (nSPS) is 11.3. The molecule has 3 nitrogen and oxygen atoms in total. The standard InChI is InChI=1S/C57H37N3/c1-4-13-38(14-5-1)39-23-27-42(28-24-39)53-37-54(60-57(59-53)44-17-8-3-9-18-44)48-34-33-46-35-45(31-32-47(46)36-48)40-25-29-43(30-26-40)56-51-21-12-20-49(41-15-6-2-7-16-41)55(51)50-19-10-11-22-52(50)58-56/h1-37H. The van der Waals surface area contributed by atoms with E-state index in [1.165, 1.54) is 38.6 Å². The molecule has 11 aromatic rings. The average Bonchev–Trinajstić information content (AvgIpc) is 3.34. The molecule has 60 heavy (non-hydrogen) atoms. The number of hydrogen-bond acceptors (Lipinski definition) is 3. The molecule has 0 spiro atoms. The van der Waals surface area contributed by atoms with Crippen molar-refractivity contribution in [2.45, 2.75) is 0 Å². The van der Waals surface area contributed by atoms with Crippen LogP contribution in [0.15, 0.2) is 224 Å². The lowest BCUT2D eigenvalue weighted by Gasteiger charge is -2.14. The second-order valence-electron chi connectivity index (χ2n) is 15.2. The molecule has 0 N–H and O–H groups in total. The van der Waals surface area contributed by atoms with Crippen molar-refractivity contribution in [3.8, 4) is 78.5 Å². The van der Waals surface area contributed by atoms with E-state index in [-0.39, 0.29) is 0 Å². The number of fused-ring (bicyclic) bond motifs is 4. The van der Waals surface area contributed by atoms with Gasteiger partial charge in [0.1, 0.15) is 0 Å². The van der Waals surface area contributed by atoms with E-state index in [4.69, 9.17) is 15.0 Å². The van der Waals surface area contributed by atoms with Crippen molar-refractivity contribution in [2.24, 2.45) is 0 Å². The maximum Gasteiger partial charge on any atom is 0.160 e. The molecule has 0 saturated heterocycles. The van der Waals surface area contributed by atoms with Crippen molar-refractivity contribution >= 4 is 32.4 Å². The van der Waals surface area contributed by atoms with E-state index in [1.807, 2.05) is 24.3 Å². The summed E-state index contributed by atoms with van der Waals surface area (Å²) in [5.41, 5.74) is 15.1. The summed E-state index contributed by atoms with van der Waals surface area (Å²) < 4.78 is 0. The zero-order valence-corrected chi connectivity index (χ0v) is 32.7. The number of hydrogen-bond donors (Lipinski definition) is 0. The van der Waals surface area contributed by atoms with Gasteiger partial charge in [-0.2, -0.15) is 0 Å². The highest BCUT2D eigenvalue weighted by Crippen LogP contribution is 2.39. The first-order valence-corrected chi connectivity index (χ1v) is 20.3. The Morgan fingerprint density at radius 2 is 0.750 bits per heavy atom. The number of aromatic nitrogens is 3. The first-order valence-electron chi connectivity index (χ1n) is 20.3. The van der Waals surface area contributed by atoms with E-state index in [0.29, 0.717) is 5.82 Å². The molecule has 0 radical (unpaired) electrons. The Kier molecular flexibility index (Phi) is 8.83. The molecule has 9 aromatic carbocycles. The van der Waals surface area contributed by atoms with Gasteiger partial charge in [-0.15, -0.1) is 0 Å². The minimum Gasteiger partial charge on any atom is -0.247 e. The van der Waals surface area contributed by atoms with E-state index in [0.717, 1.165) is 66.6 Å². The summed E-state index contributed by atoms with van der Waals surface area (Å²) in [6.45, 7) is 0. The van der Waals surface area contributed by atoms with Crippen LogP contribution in [0.3, 0.4) is 0 Å². The minimum absolute atomic E-state index is 0.706. The second kappa shape index (κ2) is 15.1. The maximum absolute atomic E-state index is 5.24. The fourth-order valence-electron chi connectivity index (χ4n) is 8.41. The summed E-state index contributed by atoms with van der Waals surface area (Å²) in [6.07, 6.45) is 0. The third kappa shape index (κ3) is 6.58. The van der Waals surface area contributed by atoms with Gasteiger partial charge in [0.2, 0.25) is 0 Å². The smallest absolute Gasteiger partial charge is 0.160 e. The second-order valence-corrected chi connectivity index (χ2v) is 15.2. The van der Waals surface area contributed by atoms with Crippen LogP contribution in [0.2, 0.25) is 0 Å². The summed E-state index contributed by atoms with van der Waals surface area (Å²) in [5.74, 6) is 0.706. The van der Waals surface area contributed by atoms with Crippen molar-refractivity contribution in [3.63, 3.8) is 0 Å². The van der Waals surface area contributed by atoms with Crippen LogP contribution in [-0.2, 0) is 0 Å². The van der Waals surface area contributed by atoms with Gasteiger partial charge < -0.3 is 0 Å².